The Kier molecular flexibility index (Phi) is 12.1. The maximum absolute atomic E-state index is 6.51. The number of aromatic nitrogens is 1. The fraction of sp³-hybridized carbons (Fsp3) is 0.200. The fourth-order valence-electron chi connectivity index (χ4n) is 6.32. The van der Waals surface area contributed by atoms with Gasteiger partial charge in [0.05, 0.1) is 11.2 Å². The normalized spacial score (nSPS) is 11.8. The molecule has 0 amide bonds. The fourth-order valence-corrected chi connectivity index (χ4v) is 8.98. The molecule has 4 aromatic carbocycles. The highest BCUT2D eigenvalue weighted by atomic mass is 28.2. The topological polar surface area (TPSA) is 23.4 Å². The standard InChI is InChI=1S/C45H47NO2Si2/c1-8-28-44(5,29-9-2)47-49-42-18-14-12-16-36(42)24-20-34-22-26-40-38(32-34)39-33-35(23-27-41(39)46(40)7)21-25-37-17-13-15-19-43(37)50-48-45(6,30-10-3)31-11-4/h8-19,22-23,26-27,32-33H,1-4,28-31,49-50H2,5-7H3. The maximum atomic E-state index is 6.51. The van der Waals surface area contributed by atoms with E-state index in [9.17, 15) is 0 Å². The van der Waals surface area contributed by atoms with Gasteiger partial charge in [0.2, 0.25) is 0 Å². The number of rotatable bonds is 14. The van der Waals surface area contributed by atoms with E-state index in [4.69, 9.17) is 8.85 Å². The molecule has 0 atom stereocenters. The molecule has 0 N–H and O–H groups in total. The van der Waals surface area contributed by atoms with Crippen molar-refractivity contribution in [3.63, 3.8) is 0 Å². The summed E-state index contributed by atoms with van der Waals surface area (Å²) in [5.74, 6) is 13.8. The van der Waals surface area contributed by atoms with Gasteiger partial charge in [0.15, 0.2) is 19.5 Å². The molecule has 3 nitrogen and oxygen atoms in total. The Morgan fingerprint density at radius 2 is 0.960 bits per heavy atom. The second-order valence-corrected chi connectivity index (χ2v) is 16.0. The van der Waals surface area contributed by atoms with Crippen LogP contribution in [0.15, 0.2) is 136 Å². The molecule has 0 aliphatic rings. The summed E-state index contributed by atoms with van der Waals surface area (Å²) in [4.78, 5) is 0. The van der Waals surface area contributed by atoms with E-state index in [1.165, 1.54) is 21.1 Å². The molecule has 1 aromatic heterocycles. The van der Waals surface area contributed by atoms with Gasteiger partial charge in [0.25, 0.3) is 0 Å². The lowest BCUT2D eigenvalue weighted by Crippen LogP contribution is -2.34. The lowest BCUT2D eigenvalue weighted by Gasteiger charge is -2.28. The van der Waals surface area contributed by atoms with Crippen molar-refractivity contribution in [3.8, 4) is 23.7 Å². The van der Waals surface area contributed by atoms with Crippen molar-refractivity contribution in [1.29, 1.82) is 0 Å². The number of hydrogen-bond acceptors (Lipinski definition) is 2. The van der Waals surface area contributed by atoms with Crippen molar-refractivity contribution in [1.82, 2.24) is 4.57 Å². The van der Waals surface area contributed by atoms with E-state index >= 15 is 0 Å². The van der Waals surface area contributed by atoms with Gasteiger partial charge in [-0.15, -0.1) is 26.3 Å². The van der Waals surface area contributed by atoms with Gasteiger partial charge in [-0.2, -0.15) is 0 Å². The average Bonchev–Trinajstić information content (AvgIpc) is 3.39. The summed E-state index contributed by atoms with van der Waals surface area (Å²) >= 11 is 0. The zero-order valence-corrected chi connectivity index (χ0v) is 32.6. The molecule has 252 valence electrons. The number of aryl methyl sites for hydroxylation is 1. The second kappa shape index (κ2) is 16.7. The molecule has 0 aliphatic heterocycles. The monoisotopic (exact) mass is 689 g/mol. The third kappa shape index (κ3) is 8.82. The minimum absolute atomic E-state index is 0.281. The van der Waals surface area contributed by atoms with E-state index in [1.54, 1.807) is 0 Å². The van der Waals surface area contributed by atoms with Crippen LogP contribution in [0, 0.1) is 23.7 Å². The van der Waals surface area contributed by atoms with Crippen LogP contribution in [0.25, 0.3) is 21.8 Å². The van der Waals surface area contributed by atoms with Gasteiger partial charge >= 0.3 is 0 Å². The van der Waals surface area contributed by atoms with Gasteiger partial charge in [-0.3, -0.25) is 0 Å². The lowest BCUT2D eigenvalue weighted by molar-refractivity contribution is 0.104. The first-order valence-electron chi connectivity index (χ1n) is 17.1. The molecule has 0 bridgehead atoms. The minimum atomic E-state index is -1.02. The summed E-state index contributed by atoms with van der Waals surface area (Å²) in [5, 5.41) is 4.73. The van der Waals surface area contributed by atoms with Crippen LogP contribution in [0.2, 0.25) is 0 Å². The highest BCUT2D eigenvalue weighted by Crippen LogP contribution is 2.30. The summed E-state index contributed by atoms with van der Waals surface area (Å²) in [6.45, 7) is 20.0. The van der Waals surface area contributed by atoms with Gasteiger partial charge in [-0.05, 0) is 98.4 Å². The van der Waals surface area contributed by atoms with Gasteiger partial charge in [-0.25, -0.2) is 0 Å². The van der Waals surface area contributed by atoms with Crippen LogP contribution in [0.5, 0.6) is 0 Å². The van der Waals surface area contributed by atoms with Crippen LogP contribution in [0.1, 0.15) is 61.8 Å². The first-order valence-corrected chi connectivity index (χ1v) is 19.7. The summed E-state index contributed by atoms with van der Waals surface area (Å²) in [6.07, 6.45) is 10.8. The van der Waals surface area contributed by atoms with Crippen LogP contribution in [-0.2, 0) is 15.9 Å². The molecule has 1 heterocycles. The number of hydrogen-bond donors (Lipinski definition) is 0. The van der Waals surface area contributed by atoms with Crippen LogP contribution < -0.4 is 10.4 Å². The Bertz CT molecular complexity index is 2000. The van der Waals surface area contributed by atoms with Gasteiger partial charge in [-0.1, -0.05) is 84.4 Å². The Hall–Kier alpha value is -4.89. The van der Waals surface area contributed by atoms with Gasteiger partial charge in [0.1, 0.15) is 0 Å². The smallest absolute Gasteiger partial charge is 0.194 e. The third-order valence-electron chi connectivity index (χ3n) is 9.18. The molecule has 5 rings (SSSR count). The molecule has 5 aromatic rings. The Labute approximate surface area is 303 Å². The zero-order valence-electron chi connectivity index (χ0n) is 29.7. The highest BCUT2D eigenvalue weighted by Gasteiger charge is 2.23. The Morgan fingerprint density at radius 1 is 0.580 bits per heavy atom. The molecule has 0 unspecified atom stereocenters. The van der Waals surface area contributed by atoms with Crippen molar-refractivity contribution in [3.05, 3.63) is 158 Å². The third-order valence-corrected chi connectivity index (χ3v) is 12.7. The number of fused-ring (bicyclic) bond motifs is 3. The van der Waals surface area contributed by atoms with Crippen molar-refractivity contribution in [2.24, 2.45) is 7.05 Å². The first kappa shape index (κ1) is 36.4. The summed E-state index contributed by atoms with van der Waals surface area (Å²) < 4.78 is 15.3. The van der Waals surface area contributed by atoms with Crippen molar-refractivity contribution < 1.29 is 8.85 Å². The SMILES string of the molecule is C=CCC(C)(CC=C)O[SiH2]c1ccccc1C#Cc1ccc2c(c1)c1cc(C#Cc3ccccc3[SiH2]OC(C)(CC=C)CC=C)ccc1n2C. The van der Waals surface area contributed by atoms with E-state index in [0.29, 0.717) is 0 Å². The molecule has 50 heavy (non-hydrogen) atoms. The predicted octanol–water partition coefficient (Wildman–Crippen LogP) is 7.40. The first-order chi connectivity index (χ1) is 24.2. The van der Waals surface area contributed by atoms with E-state index in [2.05, 4.69) is 148 Å². The maximum Gasteiger partial charge on any atom is 0.194 e. The molecule has 0 saturated carbocycles. The molecule has 5 heteroatoms. The molecule has 0 fully saturated rings. The predicted molar refractivity (Wildman–Crippen MR) is 220 cm³/mol. The van der Waals surface area contributed by atoms with Crippen molar-refractivity contribution >= 4 is 51.7 Å². The van der Waals surface area contributed by atoms with Crippen LogP contribution >= 0.6 is 0 Å². The van der Waals surface area contributed by atoms with Gasteiger partial charge in [0, 0.05) is 51.1 Å². The molecule has 0 radical (unpaired) electrons. The Balaban J connectivity index is 1.42. The molecular formula is C45H47NO2Si2. The van der Waals surface area contributed by atoms with Crippen molar-refractivity contribution in [2.45, 2.75) is 50.7 Å². The summed E-state index contributed by atoms with van der Waals surface area (Å²) in [6, 6.07) is 29.6. The van der Waals surface area contributed by atoms with Crippen LogP contribution in [0.4, 0.5) is 0 Å². The molecule has 0 saturated heterocycles. The van der Waals surface area contributed by atoms with Crippen LogP contribution in [0.3, 0.4) is 0 Å². The molecular weight excluding hydrogens is 643 g/mol. The van der Waals surface area contributed by atoms with E-state index < -0.39 is 19.5 Å². The molecule has 0 spiro atoms. The summed E-state index contributed by atoms with van der Waals surface area (Å²) in [5.41, 5.74) is 5.76. The largest absolute Gasteiger partial charge is 0.413 e. The quantitative estimate of drug-likeness (QED) is 0.0690. The highest BCUT2D eigenvalue weighted by molar-refractivity contribution is 6.48. The zero-order chi connectivity index (χ0) is 35.6. The van der Waals surface area contributed by atoms with E-state index in [1.807, 2.05) is 36.4 Å². The number of benzene rings is 4. The van der Waals surface area contributed by atoms with Gasteiger partial charge < -0.3 is 13.4 Å². The Morgan fingerprint density at radius 3 is 1.34 bits per heavy atom. The van der Waals surface area contributed by atoms with E-state index in [-0.39, 0.29) is 11.2 Å². The number of nitrogens with zero attached hydrogens (tertiary/aromatic N) is 1. The molecule has 0 aliphatic carbocycles. The average molecular weight is 690 g/mol. The lowest BCUT2D eigenvalue weighted by atomic mass is 9.99. The van der Waals surface area contributed by atoms with E-state index in [0.717, 1.165) is 59.0 Å². The van der Waals surface area contributed by atoms with Crippen molar-refractivity contribution in [2.75, 3.05) is 0 Å². The van der Waals surface area contributed by atoms with Crippen LogP contribution in [-0.4, -0.2) is 35.3 Å². The summed E-state index contributed by atoms with van der Waals surface area (Å²) in [7, 11) is 0.0815. The minimum Gasteiger partial charge on any atom is -0.413 e. The second-order valence-electron chi connectivity index (χ2n) is 13.3.